The average molecular weight is 279 g/mol. The number of aromatic amines is 1. The quantitative estimate of drug-likeness (QED) is 0.731. The zero-order chi connectivity index (χ0) is 13.4. The Kier molecular flexibility index (Phi) is 2.79. The van der Waals surface area contributed by atoms with E-state index in [4.69, 9.17) is 16.3 Å². The van der Waals surface area contributed by atoms with Crippen molar-refractivity contribution in [1.29, 1.82) is 0 Å². The third kappa shape index (κ3) is 2.22. The lowest BCUT2D eigenvalue weighted by atomic mass is 10.2. The van der Waals surface area contributed by atoms with Crippen LogP contribution >= 0.6 is 11.6 Å². The van der Waals surface area contributed by atoms with Crippen molar-refractivity contribution < 1.29 is 9.13 Å². The van der Waals surface area contributed by atoms with Crippen LogP contribution in [-0.2, 0) is 0 Å². The summed E-state index contributed by atoms with van der Waals surface area (Å²) in [5, 5.41) is 0.0159. The number of imidazole rings is 1. The van der Waals surface area contributed by atoms with Gasteiger partial charge in [0.2, 0.25) is 11.2 Å². The van der Waals surface area contributed by atoms with Gasteiger partial charge in [-0.1, -0.05) is 6.07 Å². The van der Waals surface area contributed by atoms with Crippen LogP contribution in [-0.4, -0.2) is 19.9 Å². The number of H-pyrrole nitrogens is 1. The van der Waals surface area contributed by atoms with Crippen LogP contribution < -0.4 is 4.74 Å². The molecule has 96 valence electrons. The first-order valence-corrected chi connectivity index (χ1v) is 5.82. The maximum absolute atomic E-state index is 13.5. The smallest absolute Gasteiger partial charge is 0.250 e. The topological polar surface area (TPSA) is 63.7 Å². The van der Waals surface area contributed by atoms with Gasteiger partial charge in [-0.25, -0.2) is 9.37 Å². The molecule has 0 saturated carbocycles. The summed E-state index contributed by atoms with van der Waals surface area (Å²) in [5.74, 6) is 0.183. The fourth-order valence-corrected chi connectivity index (χ4v) is 1.76. The highest BCUT2D eigenvalue weighted by Gasteiger charge is 2.11. The second-order valence-corrected chi connectivity index (χ2v) is 4.25. The number of hydrogen-bond donors (Lipinski definition) is 1. The summed E-state index contributed by atoms with van der Waals surface area (Å²) < 4.78 is 19.0. The van der Waals surface area contributed by atoms with Crippen molar-refractivity contribution in [2.75, 3.05) is 0 Å². The highest BCUT2D eigenvalue weighted by atomic mass is 35.5. The minimum absolute atomic E-state index is 0.0159. The van der Waals surface area contributed by atoms with Crippen LogP contribution in [0.1, 0.15) is 5.56 Å². The van der Waals surface area contributed by atoms with E-state index in [2.05, 4.69) is 19.9 Å². The predicted molar refractivity (Wildman–Crippen MR) is 67.9 cm³/mol. The minimum atomic E-state index is -0.349. The molecule has 0 aliphatic heterocycles. The Morgan fingerprint density at radius 1 is 1.32 bits per heavy atom. The second kappa shape index (κ2) is 4.47. The Hall–Kier alpha value is -2.21. The largest absolute Gasteiger partial charge is 0.437 e. The number of benzene rings is 1. The molecule has 0 unspecified atom stereocenters. The molecular weight excluding hydrogens is 271 g/mol. The standard InChI is InChI=1S/C12H8ClFN4O/c1-6-2-3-7(4-8(6)14)19-11-9-10(16-5-15-9)17-12(13)18-11/h2-5H,1H3,(H,15,16,17,18). The molecule has 0 saturated heterocycles. The summed E-state index contributed by atoms with van der Waals surface area (Å²) in [6.07, 6.45) is 1.46. The second-order valence-electron chi connectivity index (χ2n) is 3.91. The molecule has 2 aromatic heterocycles. The van der Waals surface area contributed by atoms with E-state index in [1.54, 1.807) is 19.1 Å². The zero-order valence-electron chi connectivity index (χ0n) is 9.82. The summed E-state index contributed by atoms with van der Waals surface area (Å²) in [7, 11) is 0. The molecule has 1 aromatic carbocycles. The van der Waals surface area contributed by atoms with Crippen molar-refractivity contribution in [1.82, 2.24) is 19.9 Å². The fraction of sp³-hybridized carbons (Fsp3) is 0.0833. The molecule has 0 spiro atoms. The number of aryl methyl sites for hydroxylation is 1. The Balaban J connectivity index is 2.04. The number of hydrogen-bond acceptors (Lipinski definition) is 4. The number of rotatable bonds is 2. The number of aromatic nitrogens is 4. The fourth-order valence-electron chi connectivity index (χ4n) is 1.60. The number of nitrogens with one attached hydrogen (secondary N) is 1. The molecular formula is C12H8ClFN4O. The van der Waals surface area contributed by atoms with Gasteiger partial charge in [0, 0.05) is 6.07 Å². The van der Waals surface area contributed by atoms with Crippen LogP contribution in [0, 0.1) is 12.7 Å². The molecule has 3 rings (SSSR count). The SMILES string of the molecule is Cc1ccc(Oc2nc(Cl)nc3nc[nH]c23)cc1F. The molecule has 0 aliphatic rings. The van der Waals surface area contributed by atoms with E-state index in [0.29, 0.717) is 22.5 Å². The van der Waals surface area contributed by atoms with Gasteiger partial charge < -0.3 is 9.72 Å². The average Bonchev–Trinajstić information content (AvgIpc) is 2.82. The summed E-state index contributed by atoms with van der Waals surface area (Å²) in [5.41, 5.74) is 1.44. The molecule has 0 atom stereocenters. The molecule has 2 heterocycles. The summed E-state index contributed by atoms with van der Waals surface area (Å²) in [4.78, 5) is 14.7. The Morgan fingerprint density at radius 3 is 2.95 bits per heavy atom. The van der Waals surface area contributed by atoms with Crippen molar-refractivity contribution >= 4 is 22.8 Å². The lowest BCUT2D eigenvalue weighted by molar-refractivity contribution is 0.461. The number of ether oxygens (including phenoxy) is 1. The van der Waals surface area contributed by atoms with Crippen LogP contribution in [0.25, 0.3) is 11.2 Å². The van der Waals surface area contributed by atoms with E-state index in [1.807, 2.05) is 0 Å². The van der Waals surface area contributed by atoms with E-state index in [0.717, 1.165) is 0 Å². The summed E-state index contributed by atoms with van der Waals surface area (Å²) in [6, 6.07) is 4.56. The van der Waals surface area contributed by atoms with Crippen molar-refractivity contribution in [2.45, 2.75) is 6.92 Å². The number of halogens is 2. The van der Waals surface area contributed by atoms with E-state index in [1.165, 1.54) is 12.4 Å². The van der Waals surface area contributed by atoms with Gasteiger partial charge in [-0.3, -0.25) is 0 Å². The molecule has 1 N–H and O–H groups in total. The summed E-state index contributed by atoms with van der Waals surface area (Å²) in [6.45, 7) is 1.67. The normalized spacial score (nSPS) is 10.9. The van der Waals surface area contributed by atoms with Gasteiger partial charge in [-0.2, -0.15) is 9.97 Å². The maximum atomic E-state index is 13.5. The van der Waals surface area contributed by atoms with Crippen molar-refractivity contribution in [3.05, 3.63) is 41.2 Å². The van der Waals surface area contributed by atoms with Gasteiger partial charge in [0.25, 0.3) is 0 Å². The Bertz CT molecular complexity index is 759. The molecule has 0 radical (unpaired) electrons. The van der Waals surface area contributed by atoms with Crippen LogP contribution in [0.4, 0.5) is 4.39 Å². The molecule has 0 amide bonds. The zero-order valence-corrected chi connectivity index (χ0v) is 10.6. The van der Waals surface area contributed by atoms with Crippen molar-refractivity contribution in [3.8, 4) is 11.6 Å². The van der Waals surface area contributed by atoms with Crippen LogP contribution in [0.5, 0.6) is 11.6 Å². The Morgan fingerprint density at radius 2 is 2.16 bits per heavy atom. The first-order valence-electron chi connectivity index (χ1n) is 5.44. The molecule has 0 aliphatic carbocycles. The van der Waals surface area contributed by atoms with Crippen molar-refractivity contribution in [2.24, 2.45) is 0 Å². The highest BCUT2D eigenvalue weighted by Crippen LogP contribution is 2.27. The first-order chi connectivity index (χ1) is 9.13. The van der Waals surface area contributed by atoms with E-state index >= 15 is 0 Å². The lowest BCUT2D eigenvalue weighted by Crippen LogP contribution is -1.93. The number of fused-ring (bicyclic) bond motifs is 1. The molecule has 0 bridgehead atoms. The van der Waals surface area contributed by atoms with Crippen molar-refractivity contribution in [3.63, 3.8) is 0 Å². The minimum Gasteiger partial charge on any atom is -0.437 e. The summed E-state index contributed by atoms with van der Waals surface area (Å²) >= 11 is 5.77. The van der Waals surface area contributed by atoms with Gasteiger partial charge >= 0.3 is 0 Å². The van der Waals surface area contributed by atoms with Gasteiger partial charge in [-0.15, -0.1) is 0 Å². The van der Waals surface area contributed by atoms with Crippen LogP contribution in [0.15, 0.2) is 24.5 Å². The third-order valence-electron chi connectivity index (χ3n) is 2.58. The first kappa shape index (κ1) is 11.9. The van der Waals surface area contributed by atoms with Gasteiger partial charge in [-0.05, 0) is 30.2 Å². The highest BCUT2D eigenvalue weighted by molar-refractivity contribution is 6.28. The van der Waals surface area contributed by atoms with E-state index < -0.39 is 0 Å². The molecule has 5 nitrogen and oxygen atoms in total. The van der Waals surface area contributed by atoms with E-state index in [-0.39, 0.29) is 17.0 Å². The van der Waals surface area contributed by atoms with Gasteiger partial charge in [0.15, 0.2) is 5.65 Å². The van der Waals surface area contributed by atoms with Gasteiger partial charge in [0.05, 0.1) is 6.33 Å². The molecule has 7 heteroatoms. The molecule has 0 fully saturated rings. The molecule has 19 heavy (non-hydrogen) atoms. The lowest BCUT2D eigenvalue weighted by Gasteiger charge is -2.06. The van der Waals surface area contributed by atoms with Crippen LogP contribution in [0.2, 0.25) is 5.28 Å². The van der Waals surface area contributed by atoms with Gasteiger partial charge in [0.1, 0.15) is 17.1 Å². The third-order valence-corrected chi connectivity index (χ3v) is 2.75. The van der Waals surface area contributed by atoms with E-state index in [9.17, 15) is 4.39 Å². The predicted octanol–water partition coefficient (Wildman–Crippen LogP) is 3.25. The number of nitrogens with zero attached hydrogens (tertiary/aromatic N) is 3. The molecule has 3 aromatic rings. The Labute approximate surface area is 112 Å². The maximum Gasteiger partial charge on any atom is 0.250 e. The monoisotopic (exact) mass is 278 g/mol. The van der Waals surface area contributed by atoms with Crippen LogP contribution in [0.3, 0.4) is 0 Å².